The summed E-state index contributed by atoms with van der Waals surface area (Å²) in [6.07, 6.45) is 6.70. The first-order valence-electron chi connectivity index (χ1n) is 12.0. The van der Waals surface area contributed by atoms with Crippen molar-refractivity contribution in [3.8, 4) is 0 Å². The van der Waals surface area contributed by atoms with Crippen molar-refractivity contribution in [1.29, 1.82) is 0 Å². The number of unbranched alkanes of at least 4 members (excludes halogenated alkanes) is 2. The number of carbonyl (C=O) groups is 2. The number of imide groups is 1. The highest BCUT2D eigenvalue weighted by molar-refractivity contribution is 5.98. The van der Waals surface area contributed by atoms with E-state index in [9.17, 15) is 9.59 Å². The number of morpholine rings is 1. The molecule has 2 amide bonds. The Morgan fingerprint density at radius 1 is 0.781 bits per heavy atom. The van der Waals surface area contributed by atoms with Crippen molar-refractivity contribution in [2.75, 3.05) is 32.8 Å². The molecule has 2 saturated heterocycles. The summed E-state index contributed by atoms with van der Waals surface area (Å²) in [6.45, 7) is 2.78. The third-order valence-electron chi connectivity index (χ3n) is 6.75. The van der Waals surface area contributed by atoms with E-state index >= 15 is 0 Å². The summed E-state index contributed by atoms with van der Waals surface area (Å²) < 4.78 is 4.99. The first kappa shape index (κ1) is 22.7. The van der Waals surface area contributed by atoms with Crippen LogP contribution in [0.15, 0.2) is 60.7 Å². The van der Waals surface area contributed by atoms with Crippen LogP contribution in [-0.4, -0.2) is 60.5 Å². The van der Waals surface area contributed by atoms with Gasteiger partial charge in [0.05, 0.1) is 0 Å². The zero-order valence-corrected chi connectivity index (χ0v) is 18.8. The van der Waals surface area contributed by atoms with Gasteiger partial charge in [0.1, 0.15) is 13.2 Å². The fraction of sp³-hybridized carbons (Fsp3) is 0.481. The van der Waals surface area contributed by atoms with Gasteiger partial charge >= 0.3 is 0 Å². The van der Waals surface area contributed by atoms with E-state index in [1.165, 1.54) is 35.3 Å². The van der Waals surface area contributed by atoms with Crippen molar-refractivity contribution in [1.82, 2.24) is 9.80 Å². The fourth-order valence-electron chi connectivity index (χ4n) is 5.16. The predicted octanol–water partition coefficient (Wildman–Crippen LogP) is 4.23. The predicted molar refractivity (Wildman–Crippen MR) is 125 cm³/mol. The van der Waals surface area contributed by atoms with Gasteiger partial charge in [-0.25, -0.2) is 0 Å². The SMILES string of the molecule is O=C1COCC(=O)N1CCCCCN1CCCCC1C(c1ccccc1)c1ccccc1. The van der Waals surface area contributed by atoms with Crippen LogP contribution in [0.1, 0.15) is 55.6 Å². The molecule has 2 fully saturated rings. The molecule has 2 aromatic rings. The largest absolute Gasteiger partial charge is 0.362 e. The van der Waals surface area contributed by atoms with Gasteiger partial charge in [0, 0.05) is 18.5 Å². The minimum absolute atomic E-state index is 0.0293. The van der Waals surface area contributed by atoms with Gasteiger partial charge in [0.25, 0.3) is 11.8 Å². The lowest BCUT2D eigenvalue weighted by atomic mass is 9.80. The number of carbonyl (C=O) groups excluding carboxylic acids is 2. The Morgan fingerprint density at radius 3 is 2.00 bits per heavy atom. The Hall–Kier alpha value is -2.50. The van der Waals surface area contributed by atoms with E-state index in [4.69, 9.17) is 4.74 Å². The molecule has 5 nitrogen and oxygen atoms in total. The molecule has 2 aliphatic heterocycles. The molecule has 0 radical (unpaired) electrons. The zero-order chi connectivity index (χ0) is 22.2. The number of likely N-dealkylation sites (tertiary alicyclic amines) is 1. The summed E-state index contributed by atoms with van der Waals surface area (Å²) in [4.78, 5) is 27.8. The van der Waals surface area contributed by atoms with E-state index in [0.717, 1.165) is 32.4 Å². The molecule has 1 unspecified atom stereocenters. The summed E-state index contributed by atoms with van der Waals surface area (Å²) in [5.74, 6) is -0.0295. The number of piperidine rings is 1. The summed E-state index contributed by atoms with van der Waals surface area (Å²) in [6, 6.07) is 22.3. The number of rotatable bonds is 9. The highest BCUT2D eigenvalue weighted by atomic mass is 16.5. The first-order chi connectivity index (χ1) is 15.7. The number of amides is 2. The molecule has 0 bridgehead atoms. The Kier molecular flexibility index (Phi) is 8.07. The molecule has 0 N–H and O–H groups in total. The molecule has 0 spiro atoms. The van der Waals surface area contributed by atoms with E-state index in [-0.39, 0.29) is 25.0 Å². The number of nitrogens with zero attached hydrogens (tertiary/aromatic N) is 2. The Labute approximate surface area is 191 Å². The number of hydrogen-bond donors (Lipinski definition) is 0. The van der Waals surface area contributed by atoms with Gasteiger partial charge < -0.3 is 4.74 Å². The van der Waals surface area contributed by atoms with E-state index in [1.54, 1.807) is 0 Å². The number of benzene rings is 2. The van der Waals surface area contributed by atoms with Gasteiger partial charge in [-0.15, -0.1) is 0 Å². The summed E-state index contributed by atoms with van der Waals surface area (Å²) in [7, 11) is 0. The van der Waals surface area contributed by atoms with Crippen molar-refractivity contribution in [3.05, 3.63) is 71.8 Å². The molecule has 170 valence electrons. The zero-order valence-electron chi connectivity index (χ0n) is 18.8. The lowest BCUT2D eigenvalue weighted by Crippen LogP contribution is -2.46. The van der Waals surface area contributed by atoms with E-state index < -0.39 is 0 Å². The summed E-state index contributed by atoms with van der Waals surface area (Å²) >= 11 is 0. The second kappa shape index (κ2) is 11.4. The molecule has 2 aromatic carbocycles. The second-order valence-corrected chi connectivity index (χ2v) is 8.89. The van der Waals surface area contributed by atoms with Crippen LogP contribution >= 0.6 is 0 Å². The standard InChI is InChI=1S/C27H34N2O3/c30-25-20-32-21-26(31)29(25)19-10-3-9-17-28-18-11-8-16-24(28)27(22-12-4-1-5-13-22)23-14-6-2-7-15-23/h1-2,4-7,12-15,24,27H,3,8-11,16-21H2. The summed E-state index contributed by atoms with van der Waals surface area (Å²) in [5.41, 5.74) is 2.78. The van der Waals surface area contributed by atoms with Crippen LogP contribution in [0.4, 0.5) is 0 Å². The highest BCUT2D eigenvalue weighted by Crippen LogP contribution is 2.35. The third-order valence-corrected chi connectivity index (χ3v) is 6.75. The normalized spacial score (nSPS) is 20.2. The number of ether oxygens (including phenoxy) is 1. The van der Waals surface area contributed by atoms with Crippen LogP contribution in [0.2, 0.25) is 0 Å². The molecular weight excluding hydrogens is 400 g/mol. The van der Waals surface area contributed by atoms with Crippen LogP contribution in [0.5, 0.6) is 0 Å². The van der Waals surface area contributed by atoms with Gasteiger partial charge in [-0.3, -0.25) is 19.4 Å². The van der Waals surface area contributed by atoms with E-state index in [2.05, 4.69) is 65.6 Å². The van der Waals surface area contributed by atoms with Gasteiger partial charge in [-0.2, -0.15) is 0 Å². The second-order valence-electron chi connectivity index (χ2n) is 8.89. The first-order valence-corrected chi connectivity index (χ1v) is 12.0. The van der Waals surface area contributed by atoms with Crippen LogP contribution in [0.25, 0.3) is 0 Å². The molecule has 2 aliphatic rings. The van der Waals surface area contributed by atoms with Crippen LogP contribution in [-0.2, 0) is 14.3 Å². The molecule has 0 saturated carbocycles. The van der Waals surface area contributed by atoms with Crippen molar-refractivity contribution in [3.63, 3.8) is 0 Å². The molecule has 32 heavy (non-hydrogen) atoms. The lowest BCUT2D eigenvalue weighted by molar-refractivity contribution is -0.158. The Balaban J connectivity index is 1.37. The topological polar surface area (TPSA) is 49.9 Å². The van der Waals surface area contributed by atoms with Crippen LogP contribution < -0.4 is 0 Å². The maximum absolute atomic E-state index is 11.9. The minimum Gasteiger partial charge on any atom is -0.362 e. The fourth-order valence-corrected chi connectivity index (χ4v) is 5.16. The maximum atomic E-state index is 11.9. The van der Waals surface area contributed by atoms with Gasteiger partial charge in [-0.1, -0.05) is 73.5 Å². The van der Waals surface area contributed by atoms with Crippen molar-refractivity contribution < 1.29 is 14.3 Å². The van der Waals surface area contributed by atoms with Crippen molar-refractivity contribution in [2.45, 2.75) is 50.5 Å². The molecule has 0 aliphatic carbocycles. The molecular formula is C27H34N2O3. The molecule has 2 heterocycles. The Bertz CT molecular complexity index is 815. The molecule has 4 rings (SSSR count). The summed E-state index contributed by atoms with van der Waals surface area (Å²) in [5, 5.41) is 0. The lowest BCUT2D eigenvalue weighted by Gasteiger charge is -2.41. The molecule has 1 atom stereocenters. The number of hydrogen-bond acceptors (Lipinski definition) is 4. The van der Waals surface area contributed by atoms with Crippen molar-refractivity contribution >= 4 is 11.8 Å². The van der Waals surface area contributed by atoms with Crippen LogP contribution in [0, 0.1) is 0 Å². The Morgan fingerprint density at radius 2 is 1.38 bits per heavy atom. The third kappa shape index (κ3) is 5.64. The van der Waals surface area contributed by atoms with Gasteiger partial charge in [-0.05, 0) is 49.9 Å². The average Bonchev–Trinajstić information content (AvgIpc) is 2.83. The van der Waals surface area contributed by atoms with Gasteiger partial charge in [0.2, 0.25) is 0 Å². The quantitative estimate of drug-likeness (QED) is 0.438. The smallest absolute Gasteiger partial charge is 0.255 e. The van der Waals surface area contributed by atoms with E-state index in [1.807, 2.05) is 0 Å². The molecule has 0 aromatic heterocycles. The van der Waals surface area contributed by atoms with Gasteiger partial charge in [0.15, 0.2) is 0 Å². The van der Waals surface area contributed by atoms with E-state index in [0.29, 0.717) is 18.5 Å². The van der Waals surface area contributed by atoms with Crippen LogP contribution in [0.3, 0.4) is 0 Å². The van der Waals surface area contributed by atoms with Crippen molar-refractivity contribution in [2.24, 2.45) is 0 Å². The minimum atomic E-state index is -0.203. The molecule has 5 heteroatoms. The monoisotopic (exact) mass is 434 g/mol. The average molecular weight is 435 g/mol. The maximum Gasteiger partial charge on any atom is 0.255 e. The highest BCUT2D eigenvalue weighted by Gasteiger charge is 2.31.